The van der Waals surface area contributed by atoms with Gasteiger partial charge < -0.3 is 24.4 Å². The lowest BCUT2D eigenvalue weighted by atomic mass is 10.1. The van der Waals surface area contributed by atoms with Gasteiger partial charge in [-0.25, -0.2) is 4.98 Å². The topological polar surface area (TPSA) is 68.2 Å². The van der Waals surface area contributed by atoms with Crippen molar-refractivity contribution >= 4 is 29.9 Å². The van der Waals surface area contributed by atoms with Crippen LogP contribution in [0.3, 0.4) is 0 Å². The highest BCUT2D eigenvalue weighted by atomic mass is 127. The highest BCUT2D eigenvalue weighted by Crippen LogP contribution is 2.20. The number of aliphatic imine (C=N–C) groups is 1. The summed E-state index contributed by atoms with van der Waals surface area (Å²) in [5.41, 5.74) is 0.534. The van der Waals surface area contributed by atoms with Crippen LogP contribution in [0.25, 0.3) is 0 Å². The molecule has 1 aliphatic rings. The van der Waals surface area contributed by atoms with E-state index in [9.17, 15) is 13.2 Å². The molecule has 1 unspecified atom stereocenters. The van der Waals surface area contributed by atoms with Gasteiger partial charge in [-0.15, -0.1) is 24.0 Å². The van der Waals surface area contributed by atoms with Crippen LogP contribution in [-0.2, 0) is 16.0 Å². The molecule has 1 aliphatic heterocycles. The van der Waals surface area contributed by atoms with E-state index in [2.05, 4.69) is 20.2 Å². The number of pyridine rings is 1. The Labute approximate surface area is 186 Å². The summed E-state index contributed by atoms with van der Waals surface area (Å²) in [4.78, 5) is 10.3. The number of methoxy groups -OCH3 is 1. The molecule has 1 atom stereocenters. The van der Waals surface area contributed by atoms with Crippen LogP contribution in [0.15, 0.2) is 23.3 Å². The van der Waals surface area contributed by atoms with Gasteiger partial charge in [0.2, 0.25) is 5.88 Å². The first-order valence-electron chi connectivity index (χ1n) is 9.08. The maximum Gasteiger partial charge on any atom is 0.422 e. The molecule has 1 aromatic heterocycles. The zero-order chi connectivity index (χ0) is 20.4. The highest BCUT2D eigenvalue weighted by Gasteiger charge is 2.29. The van der Waals surface area contributed by atoms with Crippen LogP contribution in [0, 0.1) is 5.92 Å². The van der Waals surface area contributed by atoms with E-state index in [1.54, 1.807) is 26.3 Å². The van der Waals surface area contributed by atoms with Gasteiger partial charge in [-0.05, 0) is 12.5 Å². The van der Waals surface area contributed by atoms with Gasteiger partial charge in [-0.3, -0.25) is 4.99 Å². The summed E-state index contributed by atoms with van der Waals surface area (Å²) < 4.78 is 52.6. The fourth-order valence-corrected chi connectivity index (χ4v) is 2.90. The van der Waals surface area contributed by atoms with E-state index in [1.165, 1.54) is 6.20 Å². The molecule has 0 amide bonds. The number of ether oxygens (including phenoxy) is 3. The molecule has 1 fully saturated rings. The van der Waals surface area contributed by atoms with Crippen LogP contribution in [0.5, 0.6) is 5.88 Å². The number of rotatable bonds is 9. The molecule has 0 saturated carbocycles. The van der Waals surface area contributed by atoms with Crippen LogP contribution < -0.4 is 10.1 Å². The summed E-state index contributed by atoms with van der Waals surface area (Å²) in [6, 6.07) is 3.33. The number of hydrogen-bond donors (Lipinski definition) is 1. The summed E-state index contributed by atoms with van der Waals surface area (Å²) >= 11 is 0. The average Bonchev–Trinajstić information content (AvgIpc) is 3.13. The third-order valence-corrected chi connectivity index (χ3v) is 4.24. The van der Waals surface area contributed by atoms with Crippen molar-refractivity contribution in [2.24, 2.45) is 10.9 Å². The highest BCUT2D eigenvalue weighted by molar-refractivity contribution is 14.0. The summed E-state index contributed by atoms with van der Waals surface area (Å²) in [5.74, 6) is 1.05. The second-order valence-corrected chi connectivity index (χ2v) is 6.44. The van der Waals surface area contributed by atoms with Crippen molar-refractivity contribution in [1.82, 2.24) is 15.2 Å². The second kappa shape index (κ2) is 13.1. The van der Waals surface area contributed by atoms with E-state index >= 15 is 0 Å². The molecule has 2 heterocycles. The van der Waals surface area contributed by atoms with Crippen LogP contribution in [0.1, 0.15) is 12.0 Å². The van der Waals surface area contributed by atoms with Crippen molar-refractivity contribution in [3.63, 3.8) is 0 Å². The molecule has 2 rings (SSSR count). The Morgan fingerprint density at radius 1 is 1.38 bits per heavy atom. The Hall–Kier alpha value is -1.34. The quantitative estimate of drug-likeness (QED) is 0.229. The van der Waals surface area contributed by atoms with Crippen LogP contribution in [0.2, 0.25) is 0 Å². The number of alkyl halides is 3. The van der Waals surface area contributed by atoms with Crippen molar-refractivity contribution in [2.75, 3.05) is 53.7 Å². The predicted octanol–water partition coefficient (Wildman–Crippen LogP) is 2.70. The Bertz CT molecular complexity index is 635. The van der Waals surface area contributed by atoms with Gasteiger partial charge in [-0.1, -0.05) is 6.07 Å². The predicted molar refractivity (Wildman–Crippen MR) is 114 cm³/mol. The molecule has 0 aromatic carbocycles. The molecule has 0 aliphatic carbocycles. The van der Waals surface area contributed by atoms with Gasteiger partial charge in [-0.2, -0.15) is 13.2 Å². The Balaban J connectivity index is 0.00000420. The van der Waals surface area contributed by atoms with Crippen molar-refractivity contribution in [3.05, 3.63) is 23.9 Å². The van der Waals surface area contributed by atoms with Crippen LogP contribution >= 0.6 is 24.0 Å². The average molecular weight is 532 g/mol. The molecule has 0 radical (unpaired) electrons. The molecule has 7 nitrogen and oxygen atoms in total. The van der Waals surface area contributed by atoms with Gasteiger partial charge in [0, 0.05) is 51.5 Å². The summed E-state index contributed by atoms with van der Waals surface area (Å²) in [6.07, 6.45) is -2.02. The van der Waals surface area contributed by atoms with Crippen molar-refractivity contribution in [1.29, 1.82) is 0 Å². The number of halogens is 4. The molecule has 1 aromatic rings. The molecule has 166 valence electrons. The number of nitrogens with zero attached hydrogens (tertiary/aromatic N) is 3. The first-order valence-corrected chi connectivity index (χ1v) is 9.08. The van der Waals surface area contributed by atoms with E-state index in [0.29, 0.717) is 37.3 Å². The minimum Gasteiger partial charge on any atom is -0.468 e. The molecule has 0 bridgehead atoms. The molecule has 0 spiro atoms. The molecular formula is C18H28F3IN4O3. The summed E-state index contributed by atoms with van der Waals surface area (Å²) in [5, 5.41) is 3.18. The van der Waals surface area contributed by atoms with E-state index in [4.69, 9.17) is 14.2 Å². The smallest absolute Gasteiger partial charge is 0.422 e. The number of likely N-dealkylation sites (tertiary alicyclic amines) is 1. The lowest BCUT2D eigenvalue weighted by molar-refractivity contribution is -0.154. The van der Waals surface area contributed by atoms with Gasteiger partial charge in [0.25, 0.3) is 0 Å². The third kappa shape index (κ3) is 9.34. The monoisotopic (exact) mass is 532 g/mol. The molecule has 1 saturated heterocycles. The first kappa shape index (κ1) is 25.7. The molecule has 29 heavy (non-hydrogen) atoms. The largest absolute Gasteiger partial charge is 0.468 e. The van der Waals surface area contributed by atoms with Gasteiger partial charge >= 0.3 is 6.18 Å². The van der Waals surface area contributed by atoms with E-state index < -0.39 is 12.8 Å². The fourth-order valence-electron chi connectivity index (χ4n) is 2.90. The van der Waals surface area contributed by atoms with Gasteiger partial charge in [0.1, 0.15) is 0 Å². The summed E-state index contributed by atoms with van der Waals surface area (Å²) in [7, 11) is 3.31. The second-order valence-electron chi connectivity index (χ2n) is 6.44. The van der Waals surface area contributed by atoms with Gasteiger partial charge in [0.05, 0.1) is 19.8 Å². The number of aromatic nitrogens is 1. The third-order valence-electron chi connectivity index (χ3n) is 4.24. The Morgan fingerprint density at radius 2 is 2.17 bits per heavy atom. The normalized spacial score (nSPS) is 17.2. The number of nitrogens with one attached hydrogen (secondary N) is 1. The number of hydrogen-bond acceptors (Lipinski definition) is 5. The minimum atomic E-state index is -4.41. The van der Waals surface area contributed by atoms with Crippen molar-refractivity contribution in [3.8, 4) is 5.88 Å². The van der Waals surface area contributed by atoms with E-state index in [-0.39, 0.29) is 36.4 Å². The zero-order valence-electron chi connectivity index (χ0n) is 16.6. The van der Waals surface area contributed by atoms with Crippen LogP contribution in [0.4, 0.5) is 13.2 Å². The Kier molecular flexibility index (Phi) is 11.6. The zero-order valence-corrected chi connectivity index (χ0v) is 18.9. The lowest BCUT2D eigenvalue weighted by Crippen LogP contribution is -2.40. The molecule has 1 N–H and O–H groups in total. The Morgan fingerprint density at radius 3 is 2.86 bits per heavy atom. The van der Waals surface area contributed by atoms with Crippen LogP contribution in [-0.4, -0.2) is 75.7 Å². The minimum absolute atomic E-state index is 0. The lowest BCUT2D eigenvalue weighted by Gasteiger charge is -2.22. The SMILES string of the molecule is CN=C(NCc1cccnc1OCC(F)(F)F)N1CCC(COCCOC)C1.I. The van der Waals surface area contributed by atoms with E-state index in [1.807, 2.05) is 0 Å². The number of guanidine groups is 1. The summed E-state index contributed by atoms with van der Waals surface area (Å²) in [6.45, 7) is 2.33. The first-order chi connectivity index (χ1) is 13.4. The van der Waals surface area contributed by atoms with Crippen molar-refractivity contribution < 1.29 is 27.4 Å². The fraction of sp³-hybridized carbons (Fsp3) is 0.667. The maximum atomic E-state index is 12.4. The van der Waals surface area contributed by atoms with Gasteiger partial charge in [0.15, 0.2) is 12.6 Å². The van der Waals surface area contributed by atoms with E-state index in [0.717, 1.165) is 19.5 Å². The molecular weight excluding hydrogens is 504 g/mol. The van der Waals surface area contributed by atoms with Crippen molar-refractivity contribution in [2.45, 2.75) is 19.1 Å². The molecule has 11 heteroatoms. The maximum absolute atomic E-state index is 12.4. The standard InChI is InChI=1S/C18H27F3N4O3.HI/c1-22-17(25-7-5-14(11-25)12-27-9-8-26-2)24-10-15-4-3-6-23-16(15)28-13-18(19,20)21;/h3-4,6,14H,5,7-13H2,1-2H3,(H,22,24);1H.